The maximum atomic E-state index is 5.96. The van der Waals surface area contributed by atoms with Crippen LogP contribution in [-0.4, -0.2) is 19.7 Å². The van der Waals surface area contributed by atoms with E-state index in [1.165, 1.54) is 12.0 Å². The van der Waals surface area contributed by atoms with Gasteiger partial charge in [-0.05, 0) is 48.9 Å². The Hall–Kier alpha value is -1.02. The highest BCUT2D eigenvalue weighted by atomic mass is 16.5. The predicted molar refractivity (Wildman–Crippen MR) is 87.6 cm³/mol. The van der Waals surface area contributed by atoms with Crippen molar-refractivity contribution >= 4 is 0 Å². The number of hydrogen-bond donors (Lipinski definition) is 1. The highest BCUT2D eigenvalue weighted by Crippen LogP contribution is 2.30. The van der Waals surface area contributed by atoms with Crippen LogP contribution in [0.2, 0.25) is 0 Å². The molecule has 0 aromatic heterocycles. The molecule has 20 heavy (non-hydrogen) atoms. The van der Waals surface area contributed by atoms with Crippen LogP contribution < -0.4 is 10.1 Å². The number of ether oxygens (including phenoxy) is 1. The summed E-state index contributed by atoms with van der Waals surface area (Å²) in [7, 11) is 0. The average molecular weight is 277 g/mol. The highest BCUT2D eigenvalue weighted by Gasteiger charge is 2.17. The normalized spacial score (nSPS) is 11.9. The van der Waals surface area contributed by atoms with Gasteiger partial charge in [0.1, 0.15) is 5.75 Å². The molecule has 0 spiro atoms. The van der Waals surface area contributed by atoms with Crippen molar-refractivity contribution in [3.8, 4) is 5.75 Å². The quantitative estimate of drug-likeness (QED) is 0.712. The fourth-order valence-electron chi connectivity index (χ4n) is 2.14. The lowest BCUT2D eigenvalue weighted by Gasteiger charge is -2.22. The number of rotatable bonds is 8. The van der Waals surface area contributed by atoms with Gasteiger partial charge in [0.2, 0.25) is 0 Å². The second-order valence-electron chi connectivity index (χ2n) is 6.90. The van der Waals surface area contributed by atoms with Crippen LogP contribution in [0.15, 0.2) is 24.3 Å². The predicted octanol–water partition coefficient (Wildman–Crippen LogP) is 4.39. The van der Waals surface area contributed by atoms with Gasteiger partial charge in [-0.2, -0.15) is 0 Å². The van der Waals surface area contributed by atoms with E-state index in [4.69, 9.17) is 4.74 Å². The maximum absolute atomic E-state index is 5.96. The largest absolute Gasteiger partial charge is 0.493 e. The Morgan fingerprint density at radius 2 is 1.80 bits per heavy atom. The van der Waals surface area contributed by atoms with E-state index in [1.54, 1.807) is 0 Å². The van der Waals surface area contributed by atoms with Gasteiger partial charge in [0.05, 0.1) is 6.61 Å². The molecular weight excluding hydrogens is 246 g/mol. The van der Waals surface area contributed by atoms with E-state index in [2.05, 4.69) is 64.2 Å². The van der Waals surface area contributed by atoms with E-state index >= 15 is 0 Å². The summed E-state index contributed by atoms with van der Waals surface area (Å²) in [6, 6.07) is 8.38. The van der Waals surface area contributed by atoms with Crippen molar-refractivity contribution in [3.63, 3.8) is 0 Å². The standard InChI is InChI=1S/C18H31NO/c1-15(2)14-19-12-8-9-13-20-17-11-7-6-10-16(17)18(3,4)5/h6-7,10-11,15,19H,8-9,12-14H2,1-5H3. The number of para-hydroxylation sites is 1. The minimum absolute atomic E-state index is 0.134. The summed E-state index contributed by atoms with van der Waals surface area (Å²) in [5.74, 6) is 1.76. The Balaban J connectivity index is 2.29. The van der Waals surface area contributed by atoms with Crippen molar-refractivity contribution in [2.24, 2.45) is 5.92 Å². The Morgan fingerprint density at radius 3 is 2.45 bits per heavy atom. The topological polar surface area (TPSA) is 21.3 Å². The molecule has 1 aromatic rings. The van der Waals surface area contributed by atoms with Gasteiger partial charge in [0.15, 0.2) is 0 Å². The van der Waals surface area contributed by atoms with Crippen molar-refractivity contribution in [1.29, 1.82) is 0 Å². The Labute approximate surface area is 124 Å². The molecule has 1 N–H and O–H groups in total. The van der Waals surface area contributed by atoms with Gasteiger partial charge in [-0.15, -0.1) is 0 Å². The van der Waals surface area contributed by atoms with E-state index in [-0.39, 0.29) is 5.41 Å². The summed E-state index contributed by atoms with van der Waals surface area (Å²) in [5.41, 5.74) is 1.42. The summed E-state index contributed by atoms with van der Waals surface area (Å²) in [5, 5.41) is 3.46. The number of nitrogens with one attached hydrogen (secondary N) is 1. The van der Waals surface area contributed by atoms with Crippen molar-refractivity contribution in [3.05, 3.63) is 29.8 Å². The lowest BCUT2D eigenvalue weighted by atomic mass is 9.86. The molecule has 1 aromatic carbocycles. The lowest BCUT2D eigenvalue weighted by molar-refractivity contribution is 0.297. The zero-order chi connectivity index (χ0) is 15.0. The van der Waals surface area contributed by atoms with Gasteiger partial charge < -0.3 is 10.1 Å². The van der Waals surface area contributed by atoms with Crippen LogP contribution in [0.25, 0.3) is 0 Å². The fraction of sp³-hybridized carbons (Fsp3) is 0.667. The second-order valence-corrected chi connectivity index (χ2v) is 6.90. The van der Waals surface area contributed by atoms with E-state index in [9.17, 15) is 0 Å². The molecule has 0 saturated carbocycles. The molecule has 1 rings (SSSR count). The molecule has 2 heteroatoms. The molecule has 0 aliphatic carbocycles. The third kappa shape index (κ3) is 6.42. The second kappa shape index (κ2) is 8.31. The molecule has 2 nitrogen and oxygen atoms in total. The summed E-state index contributed by atoms with van der Waals surface area (Å²) in [4.78, 5) is 0. The molecule has 0 heterocycles. The molecular formula is C18H31NO. The van der Waals surface area contributed by atoms with Crippen molar-refractivity contribution in [2.45, 2.75) is 52.9 Å². The van der Waals surface area contributed by atoms with E-state index < -0.39 is 0 Å². The van der Waals surface area contributed by atoms with Crippen LogP contribution in [-0.2, 0) is 5.41 Å². The molecule has 114 valence electrons. The third-order valence-electron chi connectivity index (χ3n) is 3.25. The van der Waals surface area contributed by atoms with Crippen LogP contribution in [0.3, 0.4) is 0 Å². The van der Waals surface area contributed by atoms with E-state index in [0.717, 1.165) is 37.8 Å². The first-order valence-corrected chi connectivity index (χ1v) is 7.84. The lowest BCUT2D eigenvalue weighted by Crippen LogP contribution is -2.21. The maximum Gasteiger partial charge on any atom is 0.123 e. The van der Waals surface area contributed by atoms with E-state index in [1.807, 2.05) is 0 Å². The van der Waals surface area contributed by atoms with Gasteiger partial charge in [0, 0.05) is 0 Å². The van der Waals surface area contributed by atoms with Gasteiger partial charge in [-0.1, -0.05) is 52.8 Å². The molecule has 0 radical (unpaired) electrons. The van der Waals surface area contributed by atoms with Gasteiger partial charge in [-0.3, -0.25) is 0 Å². The van der Waals surface area contributed by atoms with E-state index in [0.29, 0.717) is 0 Å². The van der Waals surface area contributed by atoms with Crippen LogP contribution in [0.4, 0.5) is 0 Å². The molecule has 0 aliphatic rings. The number of benzene rings is 1. The first kappa shape index (κ1) is 17.0. The van der Waals surface area contributed by atoms with Crippen LogP contribution in [0, 0.1) is 5.92 Å². The van der Waals surface area contributed by atoms with Gasteiger partial charge >= 0.3 is 0 Å². The van der Waals surface area contributed by atoms with Crippen LogP contribution in [0.1, 0.15) is 53.0 Å². The van der Waals surface area contributed by atoms with Gasteiger partial charge in [-0.25, -0.2) is 0 Å². The molecule has 0 bridgehead atoms. The summed E-state index contributed by atoms with van der Waals surface area (Å²) in [6.07, 6.45) is 2.27. The van der Waals surface area contributed by atoms with Crippen LogP contribution in [0.5, 0.6) is 5.75 Å². The number of unbranched alkanes of at least 4 members (excludes halogenated alkanes) is 1. The summed E-state index contributed by atoms with van der Waals surface area (Å²) >= 11 is 0. The minimum Gasteiger partial charge on any atom is -0.493 e. The first-order chi connectivity index (χ1) is 9.41. The molecule has 0 atom stereocenters. The van der Waals surface area contributed by atoms with Crippen molar-refractivity contribution in [1.82, 2.24) is 5.32 Å². The molecule has 0 saturated heterocycles. The Morgan fingerprint density at radius 1 is 1.10 bits per heavy atom. The number of hydrogen-bond acceptors (Lipinski definition) is 2. The molecule has 0 amide bonds. The summed E-state index contributed by atoms with van der Waals surface area (Å²) in [6.45, 7) is 14.1. The zero-order valence-corrected chi connectivity index (χ0v) is 13.8. The van der Waals surface area contributed by atoms with Crippen LogP contribution >= 0.6 is 0 Å². The smallest absolute Gasteiger partial charge is 0.123 e. The Kier molecular flexibility index (Phi) is 7.08. The Bertz CT molecular complexity index is 379. The van der Waals surface area contributed by atoms with Gasteiger partial charge in [0.25, 0.3) is 0 Å². The van der Waals surface area contributed by atoms with Crippen molar-refractivity contribution in [2.75, 3.05) is 19.7 Å². The first-order valence-electron chi connectivity index (χ1n) is 7.84. The third-order valence-corrected chi connectivity index (χ3v) is 3.25. The summed E-state index contributed by atoms with van der Waals surface area (Å²) < 4.78 is 5.96. The monoisotopic (exact) mass is 277 g/mol. The highest BCUT2D eigenvalue weighted by molar-refractivity contribution is 5.38. The molecule has 0 fully saturated rings. The fourth-order valence-corrected chi connectivity index (χ4v) is 2.14. The van der Waals surface area contributed by atoms with Crippen molar-refractivity contribution < 1.29 is 4.74 Å². The zero-order valence-electron chi connectivity index (χ0n) is 13.8. The minimum atomic E-state index is 0.134. The SMILES string of the molecule is CC(C)CNCCCCOc1ccccc1C(C)(C)C. The average Bonchev–Trinajstić information content (AvgIpc) is 2.36. The molecule has 0 aliphatic heterocycles. The molecule has 0 unspecified atom stereocenters.